The minimum absolute atomic E-state index is 0.951. The molecule has 1 rings (SSSR count). The standard InChI is InChI=1S/C7H6BrI.C2H6/c8-5-6-3-1-2-4-7(6)9;1-2/h1-4H,5H2;1-2H3. The highest BCUT2D eigenvalue weighted by Crippen LogP contribution is 2.13. The van der Waals surface area contributed by atoms with Gasteiger partial charge in [0, 0.05) is 8.90 Å². The van der Waals surface area contributed by atoms with Crippen LogP contribution in [0.15, 0.2) is 24.3 Å². The molecule has 0 aliphatic carbocycles. The van der Waals surface area contributed by atoms with Crippen molar-refractivity contribution in [2.75, 3.05) is 0 Å². The molecule has 1 aromatic carbocycles. The highest BCUT2D eigenvalue weighted by Gasteiger charge is 1.92. The van der Waals surface area contributed by atoms with Crippen molar-refractivity contribution in [3.8, 4) is 0 Å². The Hall–Kier alpha value is 0.430. The summed E-state index contributed by atoms with van der Waals surface area (Å²) < 4.78 is 1.33. The van der Waals surface area contributed by atoms with E-state index < -0.39 is 0 Å². The second-order valence-electron chi connectivity index (χ2n) is 1.73. The molecule has 62 valence electrons. The van der Waals surface area contributed by atoms with E-state index >= 15 is 0 Å². The van der Waals surface area contributed by atoms with E-state index in [1.54, 1.807) is 0 Å². The van der Waals surface area contributed by atoms with Crippen LogP contribution >= 0.6 is 38.5 Å². The fourth-order valence-electron chi connectivity index (χ4n) is 0.607. The maximum Gasteiger partial charge on any atom is 0.0293 e. The summed E-state index contributed by atoms with van der Waals surface area (Å²) in [6.45, 7) is 4.00. The van der Waals surface area contributed by atoms with Gasteiger partial charge in [0.1, 0.15) is 0 Å². The molecule has 0 heterocycles. The molecule has 0 aliphatic rings. The van der Waals surface area contributed by atoms with Gasteiger partial charge in [0.05, 0.1) is 0 Å². The van der Waals surface area contributed by atoms with Crippen molar-refractivity contribution < 1.29 is 0 Å². The minimum atomic E-state index is 0.951. The summed E-state index contributed by atoms with van der Waals surface area (Å²) in [5, 5.41) is 0.951. The first-order valence-electron chi connectivity index (χ1n) is 3.64. The molecule has 0 fully saturated rings. The van der Waals surface area contributed by atoms with Crippen LogP contribution < -0.4 is 0 Å². The summed E-state index contributed by atoms with van der Waals surface area (Å²) in [7, 11) is 0. The Bertz CT molecular complexity index is 199. The first-order valence-corrected chi connectivity index (χ1v) is 5.84. The maximum atomic E-state index is 3.40. The fraction of sp³-hybridized carbons (Fsp3) is 0.333. The lowest BCUT2D eigenvalue weighted by Gasteiger charge is -1.95. The molecule has 0 unspecified atom stereocenters. The van der Waals surface area contributed by atoms with Gasteiger partial charge in [-0.1, -0.05) is 48.0 Å². The van der Waals surface area contributed by atoms with Crippen molar-refractivity contribution in [3.05, 3.63) is 33.4 Å². The van der Waals surface area contributed by atoms with Crippen LogP contribution in [0.4, 0.5) is 0 Å². The first kappa shape index (κ1) is 11.4. The quantitative estimate of drug-likeness (QED) is 0.535. The van der Waals surface area contributed by atoms with E-state index in [2.05, 4.69) is 56.7 Å². The highest BCUT2D eigenvalue weighted by atomic mass is 127. The van der Waals surface area contributed by atoms with Crippen LogP contribution in [0.2, 0.25) is 0 Å². The van der Waals surface area contributed by atoms with E-state index in [1.807, 2.05) is 19.9 Å². The molecule has 0 atom stereocenters. The van der Waals surface area contributed by atoms with Crippen LogP contribution in [0, 0.1) is 3.57 Å². The van der Waals surface area contributed by atoms with Gasteiger partial charge in [-0.15, -0.1) is 0 Å². The second-order valence-corrected chi connectivity index (χ2v) is 3.45. The molecule has 0 radical (unpaired) electrons. The largest absolute Gasteiger partial charge is 0.0876 e. The molecule has 0 saturated carbocycles. The van der Waals surface area contributed by atoms with Crippen LogP contribution in [-0.2, 0) is 5.33 Å². The Morgan fingerprint density at radius 3 is 2.18 bits per heavy atom. The van der Waals surface area contributed by atoms with Crippen molar-refractivity contribution in [2.24, 2.45) is 0 Å². The van der Waals surface area contributed by atoms with Crippen LogP contribution in [0.5, 0.6) is 0 Å². The number of hydrogen-bond acceptors (Lipinski definition) is 0. The fourth-order valence-corrected chi connectivity index (χ4v) is 2.20. The monoisotopic (exact) mass is 326 g/mol. The third-order valence-electron chi connectivity index (χ3n) is 1.10. The van der Waals surface area contributed by atoms with Crippen LogP contribution in [0.3, 0.4) is 0 Å². The number of alkyl halides is 1. The van der Waals surface area contributed by atoms with E-state index in [4.69, 9.17) is 0 Å². The topological polar surface area (TPSA) is 0 Å². The van der Waals surface area contributed by atoms with Gasteiger partial charge in [-0.05, 0) is 34.2 Å². The zero-order valence-corrected chi connectivity index (χ0v) is 10.5. The Morgan fingerprint density at radius 1 is 1.27 bits per heavy atom. The van der Waals surface area contributed by atoms with Crippen molar-refractivity contribution in [2.45, 2.75) is 19.2 Å². The average Bonchev–Trinajstić information content (AvgIpc) is 2.09. The molecular formula is C9H12BrI. The van der Waals surface area contributed by atoms with Gasteiger partial charge in [-0.2, -0.15) is 0 Å². The number of hydrogen-bond donors (Lipinski definition) is 0. The van der Waals surface area contributed by atoms with Gasteiger partial charge >= 0.3 is 0 Å². The molecule has 1 aromatic rings. The lowest BCUT2D eigenvalue weighted by atomic mass is 10.2. The van der Waals surface area contributed by atoms with E-state index in [0.29, 0.717) is 0 Å². The van der Waals surface area contributed by atoms with Crippen molar-refractivity contribution in [1.29, 1.82) is 0 Å². The summed E-state index contributed by atoms with van der Waals surface area (Å²) in [5.74, 6) is 0. The van der Waals surface area contributed by atoms with Crippen LogP contribution in [-0.4, -0.2) is 0 Å². The lowest BCUT2D eigenvalue weighted by molar-refractivity contribution is 1.40. The van der Waals surface area contributed by atoms with E-state index in [-0.39, 0.29) is 0 Å². The van der Waals surface area contributed by atoms with Gasteiger partial charge in [-0.25, -0.2) is 0 Å². The van der Waals surface area contributed by atoms with E-state index in [0.717, 1.165) is 5.33 Å². The van der Waals surface area contributed by atoms with Gasteiger partial charge < -0.3 is 0 Å². The Kier molecular flexibility index (Phi) is 7.38. The number of halogens is 2. The van der Waals surface area contributed by atoms with Crippen molar-refractivity contribution in [3.63, 3.8) is 0 Å². The third kappa shape index (κ3) is 4.11. The summed E-state index contributed by atoms with van der Waals surface area (Å²) in [5.41, 5.74) is 1.36. The summed E-state index contributed by atoms with van der Waals surface area (Å²) >= 11 is 5.73. The predicted octanol–water partition coefficient (Wildman–Crippen LogP) is 4.21. The SMILES string of the molecule is BrCc1ccccc1I.CC. The Morgan fingerprint density at radius 2 is 1.82 bits per heavy atom. The smallest absolute Gasteiger partial charge is 0.0293 e. The van der Waals surface area contributed by atoms with E-state index in [1.165, 1.54) is 9.13 Å². The van der Waals surface area contributed by atoms with Gasteiger partial charge in [0.2, 0.25) is 0 Å². The van der Waals surface area contributed by atoms with Crippen molar-refractivity contribution >= 4 is 38.5 Å². The zero-order chi connectivity index (χ0) is 8.69. The summed E-state index contributed by atoms with van der Waals surface area (Å²) in [6.07, 6.45) is 0. The molecule has 11 heavy (non-hydrogen) atoms. The van der Waals surface area contributed by atoms with Crippen LogP contribution in [0.1, 0.15) is 19.4 Å². The molecule has 0 bridgehead atoms. The van der Waals surface area contributed by atoms with E-state index in [9.17, 15) is 0 Å². The average molecular weight is 327 g/mol. The first-order chi connectivity index (χ1) is 5.34. The second kappa shape index (κ2) is 7.10. The van der Waals surface area contributed by atoms with Gasteiger partial charge in [-0.3, -0.25) is 0 Å². The molecule has 0 saturated heterocycles. The Balaban J connectivity index is 0.000000461. The Labute approximate surface area is 90.7 Å². The van der Waals surface area contributed by atoms with Crippen LogP contribution in [0.25, 0.3) is 0 Å². The van der Waals surface area contributed by atoms with Crippen molar-refractivity contribution in [1.82, 2.24) is 0 Å². The molecule has 0 spiro atoms. The van der Waals surface area contributed by atoms with Gasteiger partial charge in [0.25, 0.3) is 0 Å². The highest BCUT2D eigenvalue weighted by molar-refractivity contribution is 14.1. The molecule has 0 nitrogen and oxygen atoms in total. The molecule has 0 aromatic heterocycles. The maximum absolute atomic E-state index is 3.40. The molecule has 0 amide bonds. The predicted molar refractivity (Wildman–Crippen MR) is 63.1 cm³/mol. The summed E-state index contributed by atoms with van der Waals surface area (Å²) in [6, 6.07) is 8.33. The normalized spacial score (nSPS) is 8.36. The third-order valence-corrected chi connectivity index (χ3v) is 2.76. The molecule has 0 N–H and O–H groups in total. The van der Waals surface area contributed by atoms with Gasteiger partial charge in [0.15, 0.2) is 0 Å². The summed E-state index contributed by atoms with van der Waals surface area (Å²) in [4.78, 5) is 0. The molecule has 2 heteroatoms. The molecule has 0 aliphatic heterocycles. The lowest BCUT2D eigenvalue weighted by Crippen LogP contribution is -1.79. The number of rotatable bonds is 1. The zero-order valence-electron chi connectivity index (χ0n) is 6.77. The molecular weight excluding hydrogens is 315 g/mol. The minimum Gasteiger partial charge on any atom is -0.0876 e. The number of benzene rings is 1.